The lowest BCUT2D eigenvalue weighted by molar-refractivity contribution is 0.0992. The number of hydrogen-bond donors (Lipinski definition) is 1. The Hall–Kier alpha value is -3.83. The van der Waals surface area contributed by atoms with Gasteiger partial charge in [-0.3, -0.25) is 10.1 Å². The highest BCUT2D eigenvalue weighted by molar-refractivity contribution is 7.22. The molecule has 29 heavy (non-hydrogen) atoms. The van der Waals surface area contributed by atoms with E-state index >= 15 is 0 Å². The van der Waals surface area contributed by atoms with Crippen LogP contribution in [0.1, 0.15) is 21.9 Å². The van der Waals surface area contributed by atoms with E-state index in [-0.39, 0.29) is 12.4 Å². The largest absolute Gasteiger partial charge is 0.494 e. The molecular formula is C21H15N3O4S. The van der Waals surface area contributed by atoms with Gasteiger partial charge in [-0.1, -0.05) is 29.5 Å². The molecule has 2 aromatic heterocycles. The van der Waals surface area contributed by atoms with E-state index in [1.165, 1.54) is 11.3 Å². The molecule has 4 aromatic rings. The Morgan fingerprint density at radius 3 is 2.83 bits per heavy atom. The van der Waals surface area contributed by atoms with Crippen LogP contribution in [0.5, 0.6) is 11.5 Å². The van der Waals surface area contributed by atoms with Crippen LogP contribution < -0.4 is 14.8 Å². The molecular weight excluding hydrogens is 390 g/mol. The third-order valence-corrected chi connectivity index (χ3v) is 5.02. The second kappa shape index (κ2) is 8.04. The minimum Gasteiger partial charge on any atom is -0.494 e. The van der Waals surface area contributed by atoms with Gasteiger partial charge in [-0.25, -0.2) is 4.98 Å². The van der Waals surface area contributed by atoms with Gasteiger partial charge < -0.3 is 13.9 Å². The van der Waals surface area contributed by atoms with E-state index in [0.29, 0.717) is 33.5 Å². The third kappa shape index (κ3) is 3.90. The highest BCUT2D eigenvalue weighted by atomic mass is 32.1. The summed E-state index contributed by atoms with van der Waals surface area (Å²) in [7, 11) is 1.58. The van der Waals surface area contributed by atoms with Crippen LogP contribution in [-0.2, 0) is 6.61 Å². The van der Waals surface area contributed by atoms with Gasteiger partial charge in [-0.05, 0) is 36.4 Å². The van der Waals surface area contributed by atoms with Crippen molar-refractivity contribution in [1.82, 2.24) is 4.98 Å². The van der Waals surface area contributed by atoms with Gasteiger partial charge in [0.1, 0.15) is 35.5 Å². The minimum absolute atomic E-state index is 0.101. The number of amides is 1. The average Bonchev–Trinajstić information content (AvgIpc) is 3.38. The molecule has 0 unspecified atom stereocenters. The zero-order chi connectivity index (χ0) is 20.2. The number of thiazole rings is 1. The molecule has 0 saturated heterocycles. The van der Waals surface area contributed by atoms with Crippen molar-refractivity contribution < 1.29 is 18.7 Å². The Morgan fingerprint density at radius 2 is 2.00 bits per heavy atom. The van der Waals surface area contributed by atoms with Crippen molar-refractivity contribution in [1.29, 1.82) is 5.26 Å². The molecule has 1 N–H and O–H groups in total. The Labute approximate surface area is 170 Å². The molecule has 0 radical (unpaired) electrons. The van der Waals surface area contributed by atoms with Gasteiger partial charge in [0.15, 0.2) is 10.9 Å². The second-order valence-electron chi connectivity index (χ2n) is 5.94. The summed E-state index contributed by atoms with van der Waals surface area (Å²) >= 11 is 1.35. The molecule has 0 atom stereocenters. The quantitative estimate of drug-likeness (QED) is 0.503. The summed E-state index contributed by atoms with van der Waals surface area (Å²) in [5, 5.41) is 12.3. The van der Waals surface area contributed by atoms with Gasteiger partial charge in [-0.2, -0.15) is 5.26 Å². The van der Waals surface area contributed by atoms with Crippen LogP contribution in [0.25, 0.3) is 10.2 Å². The molecule has 7 nitrogen and oxygen atoms in total. The average molecular weight is 405 g/mol. The van der Waals surface area contributed by atoms with E-state index in [4.69, 9.17) is 19.2 Å². The van der Waals surface area contributed by atoms with Crippen LogP contribution in [0.2, 0.25) is 0 Å². The molecule has 1 amide bonds. The van der Waals surface area contributed by atoms with Gasteiger partial charge in [0.05, 0.1) is 17.4 Å². The van der Waals surface area contributed by atoms with E-state index in [1.54, 1.807) is 43.5 Å². The SMILES string of the molecule is COc1cccc2sc(NC(=O)c3ccc(COc4ccccc4C#N)o3)nc12. The number of fused-ring (bicyclic) bond motifs is 1. The van der Waals surface area contributed by atoms with E-state index < -0.39 is 5.91 Å². The highest BCUT2D eigenvalue weighted by Gasteiger charge is 2.15. The Kier molecular flexibility index (Phi) is 5.14. The first-order valence-corrected chi connectivity index (χ1v) is 9.45. The third-order valence-electron chi connectivity index (χ3n) is 4.09. The molecule has 0 spiro atoms. The summed E-state index contributed by atoms with van der Waals surface area (Å²) in [4.78, 5) is 16.9. The van der Waals surface area contributed by atoms with Gasteiger partial charge in [0.2, 0.25) is 0 Å². The Bertz CT molecular complexity index is 1220. The van der Waals surface area contributed by atoms with Crippen molar-refractivity contribution in [3.05, 3.63) is 71.7 Å². The summed E-state index contributed by atoms with van der Waals surface area (Å²) < 4.78 is 17.4. The van der Waals surface area contributed by atoms with Crippen LogP contribution in [-0.4, -0.2) is 18.0 Å². The number of benzene rings is 2. The summed E-state index contributed by atoms with van der Waals surface area (Å²) in [5.74, 6) is 1.30. The summed E-state index contributed by atoms with van der Waals surface area (Å²) in [6.07, 6.45) is 0. The lowest BCUT2D eigenvalue weighted by atomic mass is 10.2. The van der Waals surface area contributed by atoms with E-state index in [2.05, 4.69) is 16.4 Å². The maximum atomic E-state index is 12.5. The van der Waals surface area contributed by atoms with Crippen molar-refractivity contribution >= 4 is 32.6 Å². The van der Waals surface area contributed by atoms with Crippen LogP contribution in [0.15, 0.2) is 59.0 Å². The van der Waals surface area contributed by atoms with Crippen LogP contribution >= 0.6 is 11.3 Å². The molecule has 0 fully saturated rings. The van der Waals surface area contributed by atoms with Crippen molar-refractivity contribution in [3.63, 3.8) is 0 Å². The number of aromatic nitrogens is 1. The van der Waals surface area contributed by atoms with E-state index in [1.807, 2.05) is 18.2 Å². The fourth-order valence-corrected chi connectivity index (χ4v) is 3.59. The minimum atomic E-state index is -0.410. The molecule has 2 heterocycles. The predicted octanol–water partition coefficient (Wildman–Crippen LogP) is 4.60. The number of anilines is 1. The van der Waals surface area contributed by atoms with E-state index in [0.717, 1.165) is 4.70 Å². The normalized spacial score (nSPS) is 10.5. The molecule has 2 aromatic carbocycles. The highest BCUT2D eigenvalue weighted by Crippen LogP contribution is 2.32. The monoisotopic (exact) mass is 405 g/mol. The number of carbonyl (C=O) groups excluding carboxylic acids is 1. The van der Waals surface area contributed by atoms with Crippen molar-refractivity contribution in [3.8, 4) is 17.6 Å². The van der Waals surface area contributed by atoms with Crippen molar-refractivity contribution in [2.75, 3.05) is 12.4 Å². The number of nitrogens with zero attached hydrogens (tertiary/aromatic N) is 2. The van der Waals surface area contributed by atoms with Crippen molar-refractivity contribution in [2.45, 2.75) is 6.61 Å². The number of hydrogen-bond acceptors (Lipinski definition) is 7. The van der Waals surface area contributed by atoms with Crippen LogP contribution in [0, 0.1) is 11.3 Å². The van der Waals surface area contributed by atoms with Crippen LogP contribution in [0.3, 0.4) is 0 Å². The summed E-state index contributed by atoms with van der Waals surface area (Å²) in [5.41, 5.74) is 1.13. The summed E-state index contributed by atoms with van der Waals surface area (Å²) in [6, 6.07) is 17.8. The molecule has 8 heteroatoms. The Morgan fingerprint density at radius 1 is 1.17 bits per heavy atom. The number of nitrogens with one attached hydrogen (secondary N) is 1. The van der Waals surface area contributed by atoms with Gasteiger partial charge in [-0.15, -0.1) is 0 Å². The second-order valence-corrected chi connectivity index (χ2v) is 6.97. The molecule has 0 bridgehead atoms. The molecule has 0 saturated carbocycles. The topological polar surface area (TPSA) is 97.4 Å². The first-order valence-electron chi connectivity index (χ1n) is 8.63. The first kappa shape index (κ1) is 18.5. The van der Waals surface area contributed by atoms with Crippen molar-refractivity contribution in [2.24, 2.45) is 0 Å². The fourth-order valence-electron chi connectivity index (χ4n) is 2.71. The number of furan rings is 1. The fraction of sp³-hybridized carbons (Fsp3) is 0.0952. The number of nitriles is 1. The van der Waals surface area contributed by atoms with Gasteiger partial charge in [0.25, 0.3) is 5.91 Å². The zero-order valence-corrected chi connectivity index (χ0v) is 16.2. The first-order chi connectivity index (χ1) is 14.2. The lowest BCUT2D eigenvalue weighted by Gasteiger charge is -2.05. The number of carbonyl (C=O) groups is 1. The number of methoxy groups -OCH3 is 1. The standard InChI is InChI=1S/C21H15N3O4S/c1-26-16-7-4-8-18-19(16)23-21(29-18)24-20(25)17-10-9-14(28-17)12-27-15-6-3-2-5-13(15)11-22/h2-10H,12H2,1H3,(H,23,24,25). The predicted molar refractivity (Wildman–Crippen MR) is 108 cm³/mol. The maximum absolute atomic E-state index is 12.5. The molecule has 4 rings (SSSR count). The van der Waals surface area contributed by atoms with Gasteiger partial charge >= 0.3 is 0 Å². The van der Waals surface area contributed by atoms with Gasteiger partial charge in [0, 0.05) is 0 Å². The summed E-state index contributed by atoms with van der Waals surface area (Å²) in [6.45, 7) is 0.101. The van der Waals surface area contributed by atoms with Crippen LogP contribution in [0.4, 0.5) is 5.13 Å². The maximum Gasteiger partial charge on any atom is 0.293 e. The Balaban J connectivity index is 1.44. The number of rotatable bonds is 6. The van der Waals surface area contributed by atoms with E-state index in [9.17, 15) is 4.79 Å². The lowest BCUT2D eigenvalue weighted by Crippen LogP contribution is -2.10. The molecule has 144 valence electrons. The molecule has 0 aliphatic heterocycles. The zero-order valence-electron chi connectivity index (χ0n) is 15.3. The molecule has 0 aliphatic rings. The number of ether oxygens (including phenoxy) is 2. The molecule has 0 aliphatic carbocycles. The number of para-hydroxylation sites is 2. The smallest absolute Gasteiger partial charge is 0.293 e.